The highest BCUT2D eigenvalue weighted by Gasteiger charge is 2.34. The molecule has 0 amide bonds. The summed E-state index contributed by atoms with van der Waals surface area (Å²) in [5.74, 6) is 0.469. The third-order valence-corrected chi connectivity index (χ3v) is 4.79. The quantitative estimate of drug-likeness (QED) is 0.776. The zero-order valence-electron chi connectivity index (χ0n) is 10.1. The van der Waals surface area contributed by atoms with Gasteiger partial charge in [-0.3, -0.25) is 9.71 Å². The Morgan fingerprint density at radius 2 is 2.11 bits per heavy atom. The van der Waals surface area contributed by atoms with Gasteiger partial charge in [-0.1, -0.05) is 12.1 Å². The summed E-state index contributed by atoms with van der Waals surface area (Å²) in [6.07, 6.45) is 0.917. The van der Waals surface area contributed by atoms with Gasteiger partial charge >= 0.3 is 0 Å². The van der Waals surface area contributed by atoms with Crippen molar-refractivity contribution in [2.75, 3.05) is 13.1 Å². The van der Waals surface area contributed by atoms with Crippen LogP contribution in [0.5, 0.6) is 0 Å². The maximum absolute atomic E-state index is 11.9. The molecule has 18 heavy (non-hydrogen) atoms. The molecule has 1 aromatic rings. The molecule has 2 heterocycles. The maximum atomic E-state index is 11.9. The molecule has 0 aliphatic carbocycles. The second kappa shape index (κ2) is 3.80. The Bertz CT molecular complexity index is 616. The largest absolute Gasteiger partial charge is 0.314 e. The Morgan fingerprint density at radius 1 is 1.33 bits per heavy atom. The molecule has 1 unspecified atom stereocenters. The van der Waals surface area contributed by atoms with Gasteiger partial charge < -0.3 is 5.32 Å². The normalized spacial score (nSPS) is 31.3. The van der Waals surface area contributed by atoms with Crippen LogP contribution in [-0.4, -0.2) is 32.9 Å². The van der Waals surface area contributed by atoms with E-state index in [0.29, 0.717) is 16.3 Å². The summed E-state index contributed by atoms with van der Waals surface area (Å²) < 4.78 is 26.4. The van der Waals surface area contributed by atoms with E-state index in [1.807, 2.05) is 13.0 Å². The number of nitrogens with one attached hydrogen (secondary N) is 2. The molecule has 1 saturated heterocycles. The molecule has 6 heteroatoms. The van der Waals surface area contributed by atoms with Crippen molar-refractivity contribution in [3.8, 4) is 0 Å². The first-order chi connectivity index (χ1) is 8.50. The van der Waals surface area contributed by atoms with Crippen molar-refractivity contribution in [3.63, 3.8) is 0 Å². The number of aliphatic imine (C=N–C) groups is 1. The standard InChI is InChI=1S/C12H15N3O2S/c1-12(6-7-13-8-12)14-11-9-4-2-3-5-10(9)18(16,17)15-11/h2-5,13H,6-8H2,1H3,(H,14,15). The Morgan fingerprint density at radius 3 is 2.83 bits per heavy atom. The smallest absolute Gasteiger partial charge is 0.263 e. The topological polar surface area (TPSA) is 70.6 Å². The van der Waals surface area contributed by atoms with Gasteiger partial charge in [-0.05, 0) is 32.0 Å². The molecule has 2 aliphatic heterocycles. The molecule has 1 atom stereocenters. The molecule has 0 bridgehead atoms. The third-order valence-electron chi connectivity index (χ3n) is 3.39. The maximum Gasteiger partial charge on any atom is 0.263 e. The van der Waals surface area contributed by atoms with E-state index in [2.05, 4.69) is 15.0 Å². The Balaban J connectivity index is 2.09. The number of nitrogens with zero attached hydrogens (tertiary/aromatic N) is 1. The van der Waals surface area contributed by atoms with E-state index in [0.717, 1.165) is 19.5 Å². The third kappa shape index (κ3) is 1.81. The summed E-state index contributed by atoms with van der Waals surface area (Å²) >= 11 is 0. The molecule has 2 aliphatic rings. The number of benzene rings is 1. The second-order valence-electron chi connectivity index (χ2n) is 4.99. The van der Waals surface area contributed by atoms with Crippen LogP contribution in [0.2, 0.25) is 0 Å². The highest BCUT2D eigenvalue weighted by molar-refractivity contribution is 7.90. The summed E-state index contributed by atoms with van der Waals surface area (Å²) in [4.78, 5) is 4.93. The molecule has 96 valence electrons. The van der Waals surface area contributed by atoms with Crippen molar-refractivity contribution in [2.45, 2.75) is 23.8 Å². The van der Waals surface area contributed by atoms with Gasteiger partial charge in [-0.15, -0.1) is 0 Å². The van der Waals surface area contributed by atoms with Crippen molar-refractivity contribution in [2.24, 2.45) is 4.99 Å². The fourth-order valence-corrected chi connectivity index (χ4v) is 3.62. The van der Waals surface area contributed by atoms with Crippen LogP contribution < -0.4 is 10.0 Å². The minimum Gasteiger partial charge on any atom is -0.314 e. The van der Waals surface area contributed by atoms with Gasteiger partial charge in [0.1, 0.15) is 5.84 Å². The van der Waals surface area contributed by atoms with Gasteiger partial charge in [0, 0.05) is 12.1 Å². The predicted octanol–water partition coefficient (Wildman–Crippen LogP) is 0.477. The molecule has 0 spiro atoms. The van der Waals surface area contributed by atoms with Crippen LogP contribution in [-0.2, 0) is 10.0 Å². The minimum absolute atomic E-state index is 0.227. The SMILES string of the molecule is CC1(N=C2NS(=O)(=O)c3ccccc32)CCNC1. The van der Waals surface area contributed by atoms with Crippen molar-refractivity contribution >= 4 is 15.9 Å². The molecule has 1 aromatic carbocycles. The molecule has 0 radical (unpaired) electrons. The van der Waals surface area contributed by atoms with Crippen LogP contribution in [0.25, 0.3) is 0 Å². The summed E-state index contributed by atoms with van der Waals surface area (Å²) in [5.41, 5.74) is 0.445. The molecule has 1 fully saturated rings. The molecule has 0 saturated carbocycles. The van der Waals surface area contributed by atoms with Gasteiger partial charge in [0.15, 0.2) is 0 Å². The molecule has 3 rings (SSSR count). The van der Waals surface area contributed by atoms with E-state index in [-0.39, 0.29) is 5.54 Å². The number of amidine groups is 1. The van der Waals surface area contributed by atoms with Crippen LogP contribution in [0.4, 0.5) is 0 Å². The Kier molecular flexibility index (Phi) is 2.46. The van der Waals surface area contributed by atoms with Crippen LogP contribution in [0.3, 0.4) is 0 Å². The van der Waals surface area contributed by atoms with Gasteiger partial charge in [0.25, 0.3) is 10.0 Å². The fourth-order valence-electron chi connectivity index (χ4n) is 2.39. The Labute approximate surface area is 106 Å². The van der Waals surface area contributed by atoms with Gasteiger partial charge in [0.05, 0.1) is 10.4 Å². The first kappa shape index (κ1) is 11.7. The fraction of sp³-hybridized carbons (Fsp3) is 0.417. The predicted molar refractivity (Wildman–Crippen MR) is 69.2 cm³/mol. The number of rotatable bonds is 1. The van der Waals surface area contributed by atoms with Crippen molar-refractivity contribution in [3.05, 3.63) is 29.8 Å². The summed E-state index contributed by atoms with van der Waals surface area (Å²) in [7, 11) is -3.42. The zero-order chi connectivity index (χ0) is 12.8. The number of hydrogen-bond acceptors (Lipinski definition) is 4. The lowest BCUT2D eigenvalue weighted by Gasteiger charge is -2.17. The highest BCUT2D eigenvalue weighted by Crippen LogP contribution is 2.26. The lowest BCUT2D eigenvalue weighted by atomic mass is 10.0. The van der Waals surface area contributed by atoms with E-state index in [9.17, 15) is 8.42 Å². The number of hydrogen-bond donors (Lipinski definition) is 2. The average Bonchev–Trinajstić information content (AvgIpc) is 2.84. The molecule has 0 aromatic heterocycles. The molecular formula is C12H15N3O2S. The van der Waals surface area contributed by atoms with Crippen molar-refractivity contribution in [1.82, 2.24) is 10.0 Å². The monoisotopic (exact) mass is 265 g/mol. The first-order valence-corrected chi connectivity index (χ1v) is 7.41. The summed E-state index contributed by atoms with van der Waals surface area (Å²) in [5, 5.41) is 3.25. The minimum atomic E-state index is -3.42. The first-order valence-electron chi connectivity index (χ1n) is 5.93. The Hall–Kier alpha value is -1.40. The van der Waals surface area contributed by atoms with E-state index in [1.165, 1.54) is 0 Å². The lowest BCUT2D eigenvalue weighted by molar-refractivity contribution is 0.522. The van der Waals surface area contributed by atoms with Crippen molar-refractivity contribution in [1.29, 1.82) is 0 Å². The van der Waals surface area contributed by atoms with E-state index in [1.54, 1.807) is 18.2 Å². The number of sulfonamides is 1. The molecular weight excluding hydrogens is 250 g/mol. The van der Waals surface area contributed by atoms with Crippen LogP contribution in [0.1, 0.15) is 18.9 Å². The average molecular weight is 265 g/mol. The second-order valence-corrected chi connectivity index (χ2v) is 6.64. The molecule has 2 N–H and O–H groups in total. The van der Waals surface area contributed by atoms with Gasteiger partial charge in [-0.2, -0.15) is 0 Å². The van der Waals surface area contributed by atoms with Gasteiger partial charge in [-0.25, -0.2) is 8.42 Å². The summed E-state index contributed by atoms with van der Waals surface area (Å²) in [6.45, 7) is 3.73. The zero-order valence-corrected chi connectivity index (χ0v) is 10.9. The highest BCUT2D eigenvalue weighted by atomic mass is 32.2. The van der Waals surface area contributed by atoms with Crippen LogP contribution in [0.15, 0.2) is 34.2 Å². The van der Waals surface area contributed by atoms with E-state index >= 15 is 0 Å². The summed E-state index contributed by atoms with van der Waals surface area (Å²) in [6, 6.07) is 6.94. The van der Waals surface area contributed by atoms with E-state index in [4.69, 9.17) is 0 Å². The van der Waals surface area contributed by atoms with Crippen LogP contribution >= 0.6 is 0 Å². The van der Waals surface area contributed by atoms with E-state index < -0.39 is 10.0 Å². The number of fused-ring (bicyclic) bond motifs is 1. The van der Waals surface area contributed by atoms with Crippen molar-refractivity contribution < 1.29 is 8.42 Å². The van der Waals surface area contributed by atoms with Crippen LogP contribution in [0, 0.1) is 0 Å². The molecule has 5 nitrogen and oxygen atoms in total. The van der Waals surface area contributed by atoms with Gasteiger partial charge in [0.2, 0.25) is 0 Å². The lowest BCUT2D eigenvalue weighted by Crippen LogP contribution is -2.31.